The van der Waals surface area contributed by atoms with Crippen LogP contribution in [-0.4, -0.2) is 25.5 Å². The van der Waals surface area contributed by atoms with Gasteiger partial charge in [-0.3, -0.25) is 14.2 Å². The third-order valence-corrected chi connectivity index (χ3v) is 4.17. The molecule has 2 rings (SSSR count). The van der Waals surface area contributed by atoms with E-state index < -0.39 is 5.54 Å². The van der Waals surface area contributed by atoms with E-state index in [1.54, 1.807) is 17.1 Å². The van der Waals surface area contributed by atoms with Crippen molar-refractivity contribution in [3.63, 3.8) is 0 Å². The van der Waals surface area contributed by atoms with E-state index in [2.05, 4.69) is 31.4 Å². The number of aromatic nitrogens is 4. The first-order valence-corrected chi connectivity index (χ1v) is 7.50. The summed E-state index contributed by atoms with van der Waals surface area (Å²) in [6.07, 6.45) is 3.46. The van der Waals surface area contributed by atoms with Crippen molar-refractivity contribution < 1.29 is 4.79 Å². The molecule has 6 nitrogen and oxygen atoms in total. The Morgan fingerprint density at radius 3 is 2.57 bits per heavy atom. The highest BCUT2D eigenvalue weighted by molar-refractivity contribution is 9.10. The van der Waals surface area contributed by atoms with Crippen molar-refractivity contribution in [2.45, 2.75) is 39.8 Å². The molecule has 2 aromatic heterocycles. The smallest absolute Gasteiger partial charge is 0.247 e. The number of amides is 1. The maximum absolute atomic E-state index is 12.5. The molecule has 0 unspecified atom stereocenters. The molecule has 0 aliphatic heterocycles. The van der Waals surface area contributed by atoms with E-state index in [-0.39, 0.29) is 5.91 Å². The van der Waals surface area contributed by atoms with Crippen LogP contribution in [-0.2, 0) is 23.9 Å². The molecule has 0 atom stereocenters. The van der Waals surface area contributed by atoms with Gasteiger partial charge in [0.15, 0.2) is 0 Å². The Labute approximate surface area is 132 Å². The molecule has 1 N–H and O–H groups in total. The molecule has 0 fully saturated rings. The zero-order chi connectivity index (χ0) is 15.8. The lowest BCUT2D eigenvalue weighted by molar-refractivity contribution is -0.129. The summed E-state index contributed by atoms with van der Waals surface area (Å²) in [6, 6.07) is 0. The molecular formula is C14H20BrN5O. The van der Waals surface area contributed by atoms with Crippen molar-refractivity contribution in [2.75, 3.05) is 0 Å². The summed E-state index contributed by atoms with van der Waals surface area (Å²) < 4.78 is 4.32. The average Bonchev–Trinajstić information content (AvgIpc) is 2.94. The van der Waals surface area contributed by atoms with E-state index in [1.165, 1.54) is 0 Å². The minimum atomic E-state index is -0.754. The first kappa shape index (κ1) is 15.8. The lowest BCUT2D eigenvalue weighted by Gasteiger charge is -2.24. The van der Waals surface area contributed by atoms with Crippen molar-refractivity contribution in [1.82, 2.24) is 24.9 Å². The lowest BCUT2D eigenvalue weighted by Crippen LogP contribution is -2.44. The highest BCUT2D eigenvalue weighted by atomic mass is 79.9. The predicted molar refractivity (Wildman–Crippen MR) is 83.8 cm³/mol. The van der Waals surface area contributed by atoms with Crippen LogP contribution in [0.1, 0.15) is 30.8 Å². The summed E-state index contributed by atoms with van der Waals surface area (Å²) in [7, 11) is 1.90. The lowest BCUT2D eigenvalue weighted by atomic mass is 10.0. The SMILES string of the molecule is Cc1nn(C)c(C)c1CNC(=O)C(C)(C)n1cc(Br)cn1. The number of hydrogen-bond donors (Lipinski definition) is 1. The molecule has 0 aliphatic carbocycles. The molecule has 2 heterocycles. The summed E-state index contributed by atoms with van der Waals surface area (Å²) in [4.78, 5) is 12.5. The fourth-order valence-corrected chi connectivity index (χ4v) is 2.45. The number of hydrogen-bond acceptors (Lipinski definition) is 3. The molecule has 0 saturated heterocycles. The molecule has 0 aromatic carbocycles. The van der Waals surface area contributed by atoms with Crippen LogP contribution >= 0.6 is 15.9 Å². The van der Waals surface area contributed by atoms with Gasteiger partial charge in [-0.15, -0.1) is 0 Å². The molecule has 7 heteroatoms. The number of nitrogens with one attached hydrogen (secondary N) is 1. The highest BCUT2D eigenvalue weighted by Gasteiger charge is 2.30. The van der Waals surface area contributed by atoms with Gasteiger partial charge in [0.1, 0.15) is 5.54 Å². The normalized spacial score (nSPS) is 11.7. The third-order valence-electron chi connectivity index (χ3n) is 3.76. The summed E-state index contributed by atoms with van der Waals surface area (Å²) in [6.45, 7) is 8.09. The maximum atomic E-state index is 12.5. The van der Waals surface area contributed by atoms with Crippen LogP contribution in [0.25, 0.3) is 0 Å². The Morgan fingerprint density at radius 1 is 1.43 bits per heavy atom. The standard InChI is InChI=1S/C14H20BrN5O/c1-9-12(10(2)19(5)18-9)7-16-13(21)14(3,4)20-8-11(15)6-17-20/h6,8H,7H2,1-5H3,(H,16,21). The molecular weight excluding hydrogens is 334 g/mol. The Hall–Kier alpha value is -1.63. The van der Waals surface area contributed by atoms with E-state index >= 15 is 0 Å². The second kappa shape index (κ2) is 5.63. The number of carbonyl (C=O) groups is 1. The Balaban J connectivity index is 2.11. The molecule has 0 bridgehead atoms. The zero-order valence-electron chi connectivity index (χ0n) is 12.9. The minimum Gasteiger partial charge on any atom is -0.350 e. The summed E-state index contributed by atoms with van der Waals surface area (Å²) in [5.74, 6) is -0.0826. The van der Waals surface area contributed by atoms with Crippen molar-refractivity contribution in [3.8, 4) is 0 Å². The second-order valence-electron chi connectivity index (χ2n) is 5.62. The summed E-state index contributed by atoms with van der Waals surface area (Å²) in [5.41, 5.74) is 2.31. The molecule has 0 aliphatic rings. The number of rotatable bonds is 4. The Morgan fingerprint density at radius 2 is 2.10 bits per heavy atom. The van der Waals surface area contributed by atoms with Crippen LogP contribution in [0.4, 0.5) is 0 Å². The Kier molecular flexibility index (Phi) is 4.22. The van der Waals surface area contributed by atoms with Gasteiger partial charge >= 0.3 is 0 Å². The number of carbonyl (C=O) groups excluding carboxylic acids is 1. The molecule has 114 valence electrons. The number of aryl methyl sites for hydroxylation is 2. The van der Waals surface area contributed by atoms with Gasteiger partial charge in [-0.1, -0.05) is 0 Å². The van der Waals surface area contributed by atoms with E-state index in [1.807, 2.05) is 39.4 Å². The van der Waals surface area contributed by atoms with Gasteiger partial charge in [0.2, 0.25) is 5.91 Å². The van der Waals surface area contributed by atoms with Crippen LogP contribution in [0.15, 0.2) is 16.9 Å². The van der Waals surface area contributed by atoms with Crippen LogP contribution in [0.5, 0.6) is 0 Å². The van der Waals surface area contributed by atoms with Crippen LogP contribution in [0.2, 0.25) is 0 Å². The minimum absolute atomic E-state index is 0.0826. The maximum Gasteiger partial charge on any atom is 0.247 e. The highest BCUT2D eigenvalue weighted by Crippen LogP contribution is 2.18. The van der Waals surface area contributed by atoms with Gasteiger partial charge in [0.25, 0.3) is 0 Å². The first-order valence-electron chi connectivity index (χ1n) is 6.71. The molecule has 0 radical (unpaired) electrons. The van der Waals surface area contributed by atoms with Crippen molar-refractivity contribution >= 4 is 21.8 Å². The fraction of sp³-hybridized carbons (Fsp3) is 0.500. The van der Waals surface area contributed by atoms with Gasteiger partial charge in [0, 0.05) is 31.0 Å². The Bertz CT molecular complexity index is 671. The van der Waals surface area contributed by atoms with Gasteiger partial charge in [-0.05, 0) is 43.6 Å². The van der Waals surface area contributed by atoms with Gasteiger partial charge in [0.05, 0.1) is 16.4 Å². The molecule has 21 heavy (non-hydrogen) atoms. The number of nitrogens with zero attached hydrogens (tertiary/aromatic N) is 4. The molecule has 0 saturated carbocycles. The molecule has 2 aromatic rings. The zero-order valence-corrected chi connectivity index (χ0v) is 14.5. The monoisotopic (exact) mass is 353 g/mol. The number of halogens is 1. The predicted octanol–water partition coefficient (Wildman–Crippen LogP) is 2.05. The van der Waals surface area contributed by atoms with E-state index in [0.717, 1.165) is 21.4 Å². The van der Waals surface area contributed by atoms with Crippen molar-refractivity contribution in [3.05, 3.63) is 33.8 Å². The van der Waals surface area contributed by atoms with Crippen molar-refractivity contribution in [2.24, 2.45) is 7.05 Å². The van der Waals surface area contributed by atoms with E-state index in [0.29, 0.717) is 6.54 Å². The largest absolute Gasteiger partial charge is 0.350 e. The van der Waals surface area contributed by atoms with Gasteiger partial charge in [-0.25, -0.2) is 0 Å². The average molecular weight is 354 g/mol. The van der Waals surface area contributed by atoms with Gasteiger partial charge < -0.3 is 5.32 Å². The van der Waals surface area contributed by atoms with Crippen molar-refractivity contribution in [1.29, 1.82) is 0 Å². The second-order valence-corrected chi connectivity index (χ2v) is 6.53. The van der Waals surface area contributed by atoms with Crippen LogP contribution < -0.4 is 5.32 Å². The fourth-order valence-electron chi connectivity index (χ4n) is 2.17. The van der Waals surface area contributed by atoms with Crippen LogP contribution in [0.3, 0.4) is 0 Å². The quantitative estimate of drug-likeness (QED) is 0.914. The first-order chi connectivity index (χ1) is 9.73. The topological polar surface area (TPSA) is 64.7 Å². The summed E-state index contributed by atoms with van der Waals surface area (Å²) >= 11 is 3.35. The van der Waals surface area contributed by atoms with Gasteiger partial charge in [-0.2, -0.15) is 10.2 Å². The molecule has 1 amide bonds. The van der Waals surface area contributed by atoms with E-state index in [9.17, 15) is 4.79 Å². The molecule has 0 spiro atoms. The van der Waals surface area contributed by atoms with E-state index in [4.69, 9.17) is 0 Å². The third kappa shape index (κ3) is 3.02. The summed E-state index contributed by atoms with van der Waals surface area (Å²) in [5, 5.41) is 11.5. The van der Waals surface area contributed by atoms with Crippen LogP contribution in [0, 0.1) is 13.8 Å².